The fourth-order valence-electron chi connectivity index (χ4n) is 2.75. The number of aliphatic imine (C=N–C) groups is 1. The van der Waals surface area contributed by atoms with Gasteiger partial charge in [0, 0.05) is 11.8 Å². The van der Waals surface area contributed by atoms with Gasteiger partial charge in [-0.3, -0.25) is 14.9 Å². The van der Waals surface area contributed by atoms with Crippen LogP contribution in [0.4, 0.5) is 11.4 Å². The number of guanidine groups is 1. The number of carbonyl (C=O) groups is 2. The molecule has 3 N–H and O–H groups in total. The van der Waals surface area contributed by atoms with Crippen LogP contribution in [0.3, 0.4) is 0 Å². The third-order valence-electron chi connectivity index (χ3n) is 4.24. The maximum absolute atomic E-state index is 12.7. The van der Waals surface area contributed by atoms with Crippen molar-refractivity contribution in [2.24, 2.45) is 4.99 Å². The van der Waals surface area contributed by atoms with E-state index in [0.29, 0.717) is 28.6 Å². The molecule has 1 aliphatic heterocycles. The molecule has 1 heterocycles. The molecule has 1 aliphatic rings. The molecule has 2 aromatic carbocycles. The van der Waals surface area contributed by atoms with E-state index in [-0.39, 0.29) is 18.3 Å². The van der Waals surface area contributed by atoms with Crippen LogP contribution in [0.5, 0.6) is 17.2 Å². The van der Waals surface area contributed by atoms with Gasteiger partial charge < -0.3 is 24.8 Å². The number of hydrogen-bond donors (Lipinski definition) is 3. The zero-order valence-corrected chi connectivity index (χ0v) is 16.3. The van der Waals surface area contributed by atoms with E-state index in [4.69, 9.17) is 14.2 Å². The molecule has 2 aromatic rings. The van der Waals surface area contributed by atoms with Crippen LogP contribution >= 0.6 is 0 Å². The van der Waals surface area contributed by atoms with Crippen molar-refractivity contribution in [1.29, 1.82) is 0 Å². The van der Waals surface area contributed by atoms with E-state index in [1.54, 1.807) is 49.6 Å². The molecule has 9 nitrogen and oxygen atoms in total. The topological polar surface area (TPSA) is 110 Å². The van der Waals surface area contributed by atoms with Gasteiger partial charge >= 0.3 is 0 Å². The quantitative estimate of drug-likeness (QED) is 0.687. The lowest BCUT2D eigenvalue weighted by Gasteiger charge is -2.21. The predicted octanol–water partition coefficient (Wildman–Crippen LogP) is 2.01. The Hall–Kier alpha value is -3.75. The summed E-state index contributed by atoms with van der Waals surface area (Å²) in [4.78, 5) is 29.1. The lowest BCUT2D eigenvalue weighted by atomic mass is 10.1. The third-order valence-corrected chi connectivity index (χ3v) is 4.24. The van der Waals surface area contributed by atoms with Gasteiger partial charge in [-0.05, 0) is 36.4 Å². The Morgan fingerprint density at radius 1 is 1.03 bits per heavy atom. The minimum Gasteiger partial charge on any atom is -0.497 e. The minimum atomic E-state index is -0.889. The number of methoxy groups -OCH3 is 3. The maximum atomic E-state index is 12.7. The Morgan fingerprint density at radius 2 is 1.72 bits per heavy atom. The maximum Gasteiger partial charge on any atom is 0.249 e. The van der Waals surface area contributed by atoms with Gasteiger partial charge in [-0.25, -0.2) is 4.99 Å². The third kappa shape index (κ3) is 4.95. The van der Waals surface area contributed by atoms with Crippen molar-refractivity contribution >= 4 is 29.1 Å². The number of amides is 2. The van der Waals surface area contributed by atoms with Crippen LogP contribution in [0.2, 0.25) is 0 Å². The van der Waals surface area contributed by atoms with Crippen LogP contribution in [0, 0.1) is 0 Å². The average molecular weight is 398 g/mol. The van der Waals surface area contributed by atoms with Gasteiger partial charge in [-0.2, -0.15) is 0 Å². The molecule has 0 spiro atoms. The van der Waals surface area contributed by atoms with Gasteiger partial charge in [0.05, 0.1) is 33.4 Å². The van der Waals surface area contributed by atoms with Gasteiger partial charge in [0.1, 0.15) is 23.3 Å². The summed E-state index contributed by atoms with van der Waals surface area (Å²) in [6.45, 7) is 0. The van der Waals surface area contributed by atoms with Crippen molar-refractivity contribution in [2.45, 2.75) is 12.5 Å². The zero-order valence-electron chi connectivity index (χ0n) is 16.3. The van der Waals surface area contributed by atoms with Gasteiger partial charge in [-0.1, -0.05) is 0 Å². The Morgan fingerprint density at radius 3 is 2.38 bits per heavy atom. The number of rotatable bonds is 6. The summed E-state index contributed by atoms with van der Waals surface area (Å²) >= 11 is 0. The molecule has 0 fully saturated rings. The summed E-state index contributed by atoms with van der Waals surface area (Å²) in [6, 6.07) is 11.2. The molecule has 1 atom stereocenters. The van der Waals surface area contributed by atoms with E-state index in [0.717, 1.165) is 0 Å². The molecule has 0 aliphatic carbocycles. The highest BCUT2D eigenvalue weighted by Gasteiger charge is 2.27. The lowest BCUT2D eigenvalue weighted by Crippen LogP contribution is -2.45. The summed E-state index contributed by atoms with van der Waals surface area (Å²) in [7, 11) is 4.61. The van der Waals surface area contributed by atoms with Crippen LogP contribution in [-0.4, -0.2) is 45.1 Å². The number of carbonyl (C=O) groups excluding carboxylic acids is 2. The highest BCUT2D eigenvalue weighted by Crippen LogP contribution is 2.29. The highest BCUT2D eigenvalue weighted by atomic mass is 16.5. The Labute approximate surface area is 168 Å². The number of hydrogen-bond acceptors (Lipinski definition) is 7. The van der Waals surface area contributed by atoms with E-state index in [2.05, 4.69) is 20.9 Å². The highest BCUT2D eigenvalue weighted by molar-refractivity contribution is 6.10. The summed E-state index contributed by atoms with van der Waals surface area (Å²) in [5, 5.41) is 8.37. The first-order valence-corrected chi connectivity index (χ1v) is 8.84. The summed E-state index contributed by atoms with van der Waals surface area (Å²) in [6.07, 6.45) is -0.0636. The van der Waals surface area contributed by atoms with Gasteiger partial charge in [-0.15, -0.1) is 0 Å². The number of anilines is 2. The van der Waals surface area contributed by atoms with E-state index in [1.807, 2.05) is 0 Å². The molecule has 0 saturated heterocycles. The molecular formula is C20H22N4O5. The molecule has 0 saturated carbocycles. The SMILES string of the molecule is COc1ccc(NC2=N[C@@H](C(=O)Nc3cc(OC)ccc3OC)CC(=O)N2)cc1. The molecule has 0 aromatic heterocycles. The number of ether oxygens (including phenoxy) is 3. The van der Waals surface area contributed by atoms with Gasteiger partial charge in [0.2, 0.25) is 17.8 Å². The zero-order chi connectivity index (χ0) is 20.8. The first kappa shape index (κ1) is 20.0. The van der Waals surface area contributed by atoms with Crippen LogP contribution < -0.4 is 30.2 Å². The van der Waals surface area contributed by atoms with Gasteiger partial charge in [0.25, 0.3) is 0 Å². The van der Waals surface area contributed by atoms with Crippen LogP contribution in [0.15, 0.2) is 47.5 Å². The summed E-state index contributed by atoms with van der Waals surface area (Å²) in [5.41, 5.74) is 1.13. The van der Waals surface area contributed by atoms with Crippen LogP contribution in [0.1, 0.15) is 6.42 Å². The number of nitrogens with zero attached hydrogens (tertiary/aromatic N) is 1. The van der Waals surface area contributed by atoms with E-state index < -0.39 is 11.9 Å². The molecule has 2 amide bonds. The molecule has 29 heavy (non-hydrogen) atoms. The van der Waals surface area contributed by atoms with Crippen molar-refractivity contribution in [2.75, 3.05) is 32.0 Å². The predicted molar refractivity (Wildman–Crippen MR) is 109 cm³/mol. The van der Waals surface area contributed by atoms with Crippen molar-refractivity contribution in [3.8, 4) is 17.2 Å². The van der Waals surface area contributed by atoms with E-state index in [9.17, 15) is 9.59 Å². The summed E-state index contributed by atoms with van der Waals surface area (Å²) in [5.74, 6) is 1.20. The Balaban J connectivity index is 1.75. The number of benzene rings is 2. The Bertz CT molecular complexity index is 927. The van der Waals surface area contributed by atoms with Crippen LogP contribution in [0.25, 0.3) is 0 Å². The first-order chi connectivity index (χ1) is 14.0. The largest absolute Gasteiger partial charge is 0.497 e. The average Bonchev–Trinajstić information content (AvgIpc) is 2.73. The van der Waals surface area contributed by atoms with Crippen molar-refractivity contribution in [3.05, 3.63) is 42.5 Å². The fourth-order valence-corrected chi connectivity index (χ4v) is 2.75. The molecule has 3 rings (SSSR count). The van der Waals surface area contributed by atoms with E-state index >= 15 is 0 Å². The molecule has 0 radical (unpaired) electrons. The van der Waals surface area contributed by atoms with Crippen molar-refractivity contribution in [1.82, 2.24) is 5.32 Å². The molecule has 9 heteroatoms. The molecule has 152 valence electrons. The monoisotopic (exact) mass is 398 g/mol. The minimum absolute atomic E-state index is 0.0636. The molecule has 0 unspecified atom stereocenters. The standard InChI is InChI=1S/C20H22N4O5/c1-27-13-6-4-12(5-7-13)21-20-23-16(11-18(25)24-20)19(26)22-15-10-14(28-2)8-9-17(15)29-3/h4-10,16H,11H2,1-3H3,(H,22,26)(H2,21,23,24,25)/t16-/m1/s1. The number of nitrogens with one attached hydrogen (secondary N) is 3. The lowest BCUT2D eigenvalue weighted by molar-refractivity contribution is -0.124. The second-order valence-corrected chi connectivity index (χ2v) is 6.15. The Kier molecular flexibility index (Phi) is 6.18. The second-order valence-electron chi connectivity index (χ2n) is 6.15. The van der Waals surface area contributed by atoms with Crippen LogP contribution in [-0.2, 0) is 9.59 Å². The smallest absolute Gasteiger partial charge is 0.249 e. The second kappa shape index (κ2) is 8.96. The molecular weight excluding hydrogens is 376 g/mol. The van der Waals surface area contributed by atoms with Crippen molar-refractivity contribution in [3.63, 3.8) is 0 Å². The molecule has 0 bridgehead atoms. The van der Waals surface area contributed by atoms with E-state index in [1.165, 1.54) is 14.2 Å². The fraction of sp³-hybridized carbons (Fsp3) is 0.250. The van der Waals surface area contributed by atoms with Crippen molar-refractivity contribution < 1.29 is 23.8 Å². The normalized spacial score (nSPS) is 15.6. The first-order valence-electron chi connectivity index (χ1n) is 8.84. The summed E-state index contributed by atoms with van der Waals surface area (Å²) < 4.78 is 15.6. The van der Waals surface area contributed by atoms with Gasteiger partial charge in [0.15, 0.2) is 0 Å².